The van der Waals surface area contributed by atoms with Gasteiger partial charge in [-0.15, -0.1) is 0 Å². The highest BCUT2D eigenvalue weighted by molar-refractivity contribution is 6.31. The van der Waals surface area contributed by atoms with Gasteiger partial charge in [-0.25, -0.2) is 0 Å². The average Bonchev–Trinajstić information content (AvgIpc) is 2.80. The zero-order valence-corrected chi connectivity index (χ0v) is 19.9. The van der Waals surface area contributed by atoms with Gasteiger partial charge in [-0.1, -0.05) is 48.0 Å². The van der Waals surface area contributed by atoms with Crippen molar-refractivity contribution in [3.8, 4) is 11.5 Å². The first kappa shape index (κ1) is 24.1. The molecule has 3 aromatic carbocycles. The molecule has 0 spiro atoms. The number of ether oxygens (including phenoxy) is 2. The van der Waals surface area contributed by atoms with Gasteiger partial charge >= 0.3 is 0 Å². The fourth-order valence-corrected chi connectivity index (χ4v) is 3.58. The Hall–Kier alpha value is -3.51. The minimum Gasteiger partial charge on any atom is -0.493 e. The predicted molar refractivity (Wildman–Crippen MR) is 130 cm³/mol. The zero-order valence-electron chi connectivity index (χ0n) is 19.1. The molecule has 3 aromatic rings. The fourth-order valence-electron chi connectivity index (χ4n) is 3.39. The van der Waals surface area contributed by atoms with Crippen molar-refractivity contribution >= 4 is 29.1 Å². The summed E-state index contributed by atoms with van der Waals surface area (Å²) in [4.78, 5) is 26.8. The van der Waals surface area contributed by atoms with Gasteiger partial charge in [-0.05, 0) is 49.2 Å². The number of amides is 2. The van der Waals surface area contributed by atoms with Crippen molar-refractivity contribution < 1.29 is 19.1 Å². The lowest BCUT2D eigenvalue weighted by atomic mass is 10.1. The molecule has 0 aliphatic heterocycles. The van der Waals surface area contributed by atoms with Crippen LogP contribution in [0.4, 0.5) is 5.69 Å². The van der Waals surface area contributed by atoms with Crippen LogP contribution in [0, 0.1) is 13.8 Å². The van der Waals surface area contributed by atoms with Crippen molar-refractivity contribution in [2.24, 2.45) is 0 Å². The van der Waals surface area contributed by atoms with E-state index in [0.717, 1.165) is 22.4 Å². The van der Waals surface area contributed by atoms with E-state index in [9.17, 15) is 9.59 Å². The van der Waals surface area contributed by atoms with Crippen LogP contribution in [0.2, 0.25) is 5.02 Å². The molecule has 6 nitrogen and oxygen atoms in total. The molecule has 1 N–H and O–H groups in total. The summed E-state index contributed by atoms with van der Waals surface area (Å²) in [6.07, 6.45) is 0. The Bertz CT molecular complexity index is 1140. The smallest absolute Gasteiger partial charge is 0.254 e. The molecule has 3 rings (SSSR count). The van der Waals surface area contributed by atoms with Crippen LogP contribution < -0.4 is 14.8 Å². The van der Waals surface area contributed by atoms with E-state index in [1.165, 1.54) is 12.0 Å². The average molecular weight is 467 g/mol. The Labute approximate surface area is 199 Å². The third-order valence-corrected chi connectivity index (χ3v) is 5.59. The number of carbonyl (C=O) groups is 2. The van der Waals surface area contributed by atoms with Gasteiger partial charge in [0.2, 0.25) is 5.91 Å². The lowest BCUT2D eigenvalue weighted by molar-refractivity contribution is -0.116. The van der Waals surface area contributed by atoms with E-state index >= 15 is 0 Å². The SMILES string of the molecule is COc1cc(C(=O)N(C)CC(=O)Nc2c(C)cccc2C)ccc1OCc1ccccc1Cl. The first-order valence-electron chi connectivity index (χ1n) is 10.5. The normalized spacial score (nSPS) is 10.5. The van der Waals surface area contributed by atoms with Crippen molar-refractivity contribution in [3.05, 3.63) is 87.9 Å². The van der Waals surface area contributed by atoms with Crippen molar-refractivity contribution in [1.82, 2.24) is 4.90 Å². The molecule has 0 saturated carbocycles. The molecule has 0 heterocycles. The number of para-hydroxylation sites is 1. The summed E-state index contributed by atoms with van der Waals surface area (Å²) in [5.41, 5.74) is 3.93. The number of carbonyl (C=O) groups excluding carboxylic acids is 2. The Balaban J connectivity index is 1.66. The molecule has 7 heteroatoms. The van der Waals surface area contributed by atoms with Gasteiger partial charge < -0.3 is 19.7 Å². The van der Waals surface area contributed by atoms with E-state index in [0.29, 0.717) is 22.1 Å². The third kappa shape index (κ3) is 6.05. The van der Waals surface area contributed by atoms with Gasteiger partial charge in [0.1, 0.15) is 6.61 Å². The Kier molecular flexibility index (Phi) is 7.96. The van der Waals surface area contributed by atoms with Crippen LogP contribution in [0.25, 0.3) is 0 Å². The number of aryl methyl sites for hydroxylation is 2. The highest BCUT2D eigenvalue weighted by Gasteiger charge is 2.18. The lowest BCUT2D eigenvalue weighted by Gasteiger charge is -2.19. The van der Waals surface area contributed by atoms with E-state index in [2.05, 4.69) is 5.32 Å². The van der Waals surface area contributed by atoms with Crippen molar-refractivity contribution in [2.45, 2.75) is 20.5 Å². The van der Waals surface area contributed by atoms with Crippen LogP contribution in [0.3, 0.4) is 0 Å². The van der Waals surface area contributed by atoms with Gasteiger partial charge in [0.05, 0.1) is 13.7 Å². The van der Waals surface area contributed by atoms with Gasteiger partial charge in [0.15, 0.2) is 11.5 Å². The molecule has 33 heavy (non-hydrogen) atoms. The number of nitrogens with one attached hydrogen (secondary N) is 1. The summed E-state index contributed by atoms with van der Waals surface area (Å²) in [6.45, 7) is 4.04. The summed E-state index contributed by atoms with van der Waals surface area (Å²) in [5.74, 6) is 0.336. The maximum absolute atomic E-state index is 12.9. The minimum absolute atomic E-state index is 0.0837. The molecular weight excluding hydrogens is 440 g/mol. The van der Waals surface area contributed by atoms with E-state index in [-0.39, 0.29) is 25.0 Å². The molecule has 0 aliphatic carbocycles. The van der Waals surface area contributed by atoms with Crippen LogP contribution in [0.15, 0.2) is 60.7 Å². The highest BCUT2D eigenvalue weighted by atomic mass is 35.5. The number of anilines is 1. The largest absolute Gasteiger partial charge is 0.493 e. The molecule has 0 saturated heterocycles. The van der Waals surface area contributed by atoms with E-state index < -0.39 is 0 Å². The molecule has 0 bridgehead atoms. The van der Waals surface area contributed by atoms with Gasteiger partial charge in [0.25, 0.3) is 5.91 Å². The summed E-state index contributed by atoms with van der Waals surface area (Å²) >= 11 is 6.18. The van der Waals surface area contributed by atoms with Crippen LogP contribution in [0.5, 0.6) is 11.5 Å². The molecule has 0 radical (unpaired) electrons. The molecular formula is C26H27ClN2O4. The maximum atomic E-state index is 12.9. The summed E-state index contributed by atoms with van der Waals surface area (Å²) in [5, 5.41) is 3.51. The number of rotatable bonds is 8. The first-order chi connectivity index (χ1) is 15.8. The van der Waals surface area contributed by atoms with E-state index in [1.807, 2.05) is 50.2 Å². The second-order valence-corrected chi connectivity index (χ2v) is 8.13. The summed E-state index contributed by atoms with van der Waals surface area (Å²) < 4.78 is 11.3. The third-order valence-electron chi connectivity index (χ3n) is 5.22. The molecule has 2 amide bonds. The van der Waals surface area contributed by atoms with Crippen LogP contribution >= 0.6 is 11.6 Å². The lowest BCUT2D eigenvalue weighted by Crippen LogP contribution is -2.35. The van der Waals surface area contributed by atoms with Crippen LogP contribution in [0.1, 0.15) is 27.0 Å². The van der Waals surface area contributed by atoms with Crippen molar-refractivity contribution in [1.29, 1.82) is 0 Å². The monoisotopic (exact) mass is 466 g/mol. The second kappa shape index (κ2) is 10.9. The number of hydrogen-bond acceptors (Lipinski definition) is 4. The Morgan fingerprint density at radius 2 is 1.67 bits per heavy atom. The first-order valence-corrected chi connectivity index (χ1v) is 10.8. The standard InChI is InChI=1S/C26H27ClN2O4/c1-17-8-7-9-18(2)25(17)28-24(30)15-29(3)26(31)19-12-13-22(23(14-19)32-4)33-16-20-10-5-6-11-21(20)27/h5-14H,15-16H2,1-4H3,(H,28,30). The summed E-state index contributed by atoms with van der Waals surface area (Å²) in [7, 11) is 3.09. The molecule has 0 aliphatic rings. The minimum atomic E-state index is -0.303. The summed E-state index contributed by atoms with van der Waals surface area (Å²) in [6, 6.07) is 18.1. The fraction of sp³-hybridized carbons (Fsp3) is 0.231. The van der Waals surface area contributed by atoms with Crippen molar-refractivity contribution in [3.63, 3.8) is 0 Å². The molecule has 0 atom stereocenters. The number of methoxy groups -OCH3 is 1. The van der Waals surface area contributed by atoms with Crippen molar-refractivity contribution in [2.75, 3.05) is 26.0 Å². The molecule has 0 unspecified atom stereocenters. The molecule has 0 fully saturated rings. The van der Waals surface area contributed by atoms with Crippen LogP contribution in [-0.4, -0.2) is 37.4 Å². The zero-order chi connectivity index (χ0) is 24.0. The molecule has 0 aromatic heterocycles. The van der Waals surface area contributed by atoms with Crippen LogP contribution in [-0.2, 0) is 11.4 Å². The Morgan fingerprint density at radius 1 is 0.970 bits per heavy atom. The van der Waals surface area contributed by atoms with Gasteiger partial charge in [-0.2, -0.15) is 0 Å². The number of benzene rings is 3. The van der Waals surface area contributed by atoms with Gasteiger partial charge in [0, 0.05) is 28.9 Å². The number of nitrogens with zero attached hydrogens (tertiary/aromatic N) is 1. The topological polar surface area (TPSA) is 67.9 Å². The Morgan fingerprint density at radius 3 is 2.33 bits per heavy atom. The van der Waals surface area contributed by atoms with E-state index in [4.69, 9.17) is 21.1 Å². The maximum Gasteiger partial charge on any atom is 0.254 e. The number of likely N-dealkylation sites (N-methyl/N-ethyl adjacent to an activating group) is 1. The highest BCUT2D eigenvalue weighted by Crippen LogP contribution is 2.30. The quantitative estimate of drug-likeness (QED) is 0.492. The molecule has 172 valence electrons. The second-order valence-electron chi connectivity index (χ2n) is 7.72. The predicted octanol–water partition coefficient (Wildman–Crippen LogP) is 5.26. The van der Waals surface area contributed by atoms with Gasteiger partial charge in [-0.3, -0.25) is 9.59 Å². The number of hydrogen-bond donors (Lipinski definition) is 1. The van der Waals surface area contributed by atoms with E-state index in [1.54, 1.807) is 31.3 Å². The number of halogens is 1.